The van der Waals surface area contributed by atoms with Crippen molar-refractivity contribution < 1.29 is 18.8 Å². The fourth-order valence-corrected chi connectivity index (χ4v) is 4.33. The maximum absolute atomic E-state index is 12.9. The molecule has 1 fully saturated rings. The Hall–Kier alpha value is -3.68. The second-order valence-electron chi connectivity index (χ2n) is 9.02. The summed E-state index contributed by atoms with van der Waals surface area (Å²) < 4.78 is 10.5. The molecule has 1 saturated heterocycles. The Morgan fingerprint density at radius 2 is 1.97 bits per heavy atom. The van der Waals surface area contributed by atoms with E-state index in [2.05, 4.69) is 22.4 Å². The number of hydrogen-bond acceptors (Lipinski definition) is 6. The molecule has 4 rings (SSSR count). The zero-order valence-corrected chi connectivity index (χ0v) is 20.5. The molecule has 184 valence electrons. The van der Waals surface area contributed by atoms with Crippen LogP contribution in [0, 0.1) is 6.92 Å². The number of hydrogen-bond donors (Lipinski definition) is 1. The summed E-state index contributed by atoms with van der Waals surface area (Å²) in [5, 5.41) is 6.97. The highest BCUT2D eigenvalue weighted by atomic mass is 16.5. The van der Waals surface area contributed by atoms with Crippen LogP contribution < -0.4 is 10.1 Å². The van der Waals surface area contributed by atoms with Gasteiger partial charge in [-0.3, -0.25) is 9.59 Å². The molecular weight excluding hydrogens is 444 g/mol. The van der Waals surface area contributed by atoms with Crippen LogP contribution in [0.3, 0.4) is 0 Å². The van der Waals surface area contributed by atoms with E-state index in [-0.39, 0.29) is 17.9 Å². The number of piperidine rings is 1. The lowest BCUT2D eigenvalue weighted by Crippen LogP contribution is -2.42. The van der Waals surface area contributed by atoms with Crippen molar-refractivity contribution in [2.45, 2.75) is 58.4 Å². The Balaban J connectivity index is 1.27. The number of carbonyl (C=O) groups excluding carboxylic acids is 2. The minimum absolute atomic E-state index is 0.0618. The van der Waals surface area contributed by atoms with E-state index >= 15 is 0 Å². The van der Waals surface area contributed by atoms with E-state index in [0.717, 1.165) is 42.0 Å². The van der Waals surface area contributed by atoms with Crippen LogP contribution in [-0.4, -0.2) is 46.6 Å². The van der Waals surface area contributed by atoms with E-state index < -0.39 is 0 Å². The summed E-state index contributed by atoms with van der Waals surface area (Å²) in [7, 11) is 1.62. The van der Waals surface area contributed by atoms with Gasteiger partial charge >= 0.3 is 0 Å². The average Bonchev–Trinajstić information content (AvgIpc) is 3.34. The SMILES string of the molecule is COc1ccc(-c2noc(CCCC(=O)Nc3ccc(C(=O)N4CCCCC4C)cc3C)n2)cc1. The quantitative estimate of drug-likeness (QED) is 0.490. The van der Waals surface area contributed by atoms with E-state index in [9.17, 15) is 9.59 Å². The molecule has 1 aromatic heterocycles. The second kappa shape index (κ2) is 11.2. The van der Waals surface area contributed by atoms with Crippen LogP contribution in [0.2, 0.25) is 0 Å². The summed E-state index contributed by atoms with van der Waals surface area (Å²) in [6.07, 6.45) is 4.69. The molecule has 0 saturated carbocycles. The third kappa shape index (κ3) is 6.07. The summed E-state index contributed by atoms with van der Waals surface area (Å²) >= 11 is 0. The molecule has 1 aliphatic heterocycles. The topological polar surface area (TPSA) is 97.6 Å². The van der Waals surface area contributed by atoms with E-state index in [1.54, 1.807) is 13.2 Å². The number of amides is 2. The first-order chi connectivity index (χ1) is 16.9. The molecule has 1 N–H and O–H groups in total. The molecule has 3 aromatic rings. The number of ether oxygens (including phenoxy) is 1. The van der Waals surface area contributed by atoms with Crippen molar-refractivity contribution in [2.24, 2.45) is 0 Å². The molecule has 0 radical (unpaired) electrons. The summed E-state index contributed by atoms with van der Waals surface area (Å²) in [6, 6.07) is 13.2. The molecule has 0 aliphatic carbocycles. The van der Waals surface area contributed by atoms with Gasteiger partial charge in [-0.25, -0.2) is 0 Å². The van der Waals surface area contributed by atoms with Gasteiger partial charge in [0.05, 0.1) is 7.11 Å². The zero-order chi connectivity index (χ0) is 24.8. The largest absolute Gasteiger partial charge is 0.497 e. The van der Waals surface area contributed by atoms with E-state index in [0.29, 0.717) is 36.5 Å². The van der Waals surface area contributed by atoms with Crippen LogP contribution in [0.1, 0.15) is 60.8 Å². The maximum atomic E-state index is 12.9. The molecular formula is C27H32N4O4. The van der Waals surface area contributed by atoms with Crippen molar-refractivity contribution in [3.05, 3.63) is 59.5 Å². The van der Waals surface area contributed by atoms with Crippen LogP contribution >= 0.6 is 0 Å². The van der Waals surface area contributed by atoms with E-state index in [1.165, 1.54) is 6.42 Å². The minimum Gasteiger partial charge on any atom is -0.497 e. The van der Waals surface area contributed by atoms with Crippen molar-refractivity contribution in [3.8, 4) is 17.1 Å². The number of benzene rings is 2. The first-order valence-corrected chi connectivity index (χ1v) is 12.1. The summed E-state index contributed by atoms with van der Waals surface area (Å²) in [5.74, 6) is 1.74. The van der Waals surface area contributed by atoms with Crippen molar-refractivity contribution >= 4 is 17.5 Å². The predicted octanol–water partition coefficient (Wildman–Crippen LogP) is 5.03. The van der Waals surface area contributed by atoms with Gasteiger partial charge in [0.25, 0.3) is 5.91 Å². The maximum Gasteiger partial charge on any atom is 0.254 e. The molecule has 2 amide bonds. The Kier molecular flexibility index (Phi) is 7.80. The molecule has 0 bridgehead atoms. The number of carbonyl (C=O) groups is 2. The van der Waals surface area contributed by atoms with Gasteiger partial charge in [-0.2, -0.15) is 4.98 Å². The van der Waals surface area contributed by atoms with E-state index in [4.69, 9.17) is 9.26 Å². The van der Waals surface area contributed by atoms with Gasteiger partial charge < -0.3 is 19.5 Å². The first kappa shape index (κ1) is 24.4. The summed E-state index contributed by atoms with van der Waals surface area (Å²) in [6.45, 7) is 4.82. The molecule has 1 unspecified atom stereocenters. The smallest absolute Gasteiger partial charge is 0.254 e. The number of rotatable bonds is 8. The number of likely N-dealkylation sites (tertiary alicyclic amines) is 1. The fraction of sp³-hybridized carbons (Fsp3) is 0.407. The average molecular weight is 477 g/mol. The third-order valence-corrected chi connectivity index (χ3v) is 6.42. The number of methoxy groups -OCH3 is 1. The third-order valence-electron chi connectivity index (χ3n) is 6.42. The molecule has 1 atom stereocenters. The van der Waals surface area contributed by atoms with Crippen molar-refractivity contribution in [3.63, 3.8) is 0 Å². The lowest BCUT2D eigenvalue weighted by molar-refractivity contribution is -0.116. The lowest BCUT2D eigenvalue weighted by atomic mass is 10.0. The normalized spacial score (nSPS) is 15.6. The van der Waals surface area contributed by atoms with Gasteiger partial charge in [0, 0.05) is 42.2 Å². The number of nitrogens with one attached hydrogen (secondary N) is 1. The van der Waals surface area contributed by atoms with Crippen LogP contribution in [0.5, 0.6) is 5.75 Å². The zero-order valence-electron chi connectivity index (χ0n) is 20.5. The highest BCUT2D eigenvalue weighted by Crippen LogP contribution is 2.23. The molecule has 1 aliphatic rings. The monoisotopic (exact) mass is 476 g/mol. The van der Waals surface area contributed by atoms with Gasteiger partial charge in [0.15, 0.2) is 0 Å². The highest BCUT2D eigenvalue weighted by molar-refractivity contribution is 5.96. The van der Waals surface area contributed by atoms with Gasteiger partial charge in [-0.15, -0.1) is 0 Å². The first-order valence-electron chi connectivity index (χ1n) is 12.1. The van der Waals surface area contributed by atoms with E-state index in [1.807, 2.05) is 48.2 Å². The van der Waals surface area contributed by atoms with Crippen LogP contribution in [0.25, 0.3) is 11.4 Å². The number of aromatic nitrogens is 2. The number of aryl methyl sites for hydroxylation is 2. The fourth-order valence-electron chi connectivity index (χ4n) is 4.33. The standard InChI is InChI=1S/C27H32N4O4/c1-18-17-21(27(33)31-16-5-4-7-19(31)2)12-15-23(18)28-24(32)8-6-9-25-29-26(30-35-25)20-10-13-22(34-3)14-11-20/h10-15,17,19H,4-9,16H2,1-3H3,(H,28,32). The summed E-state index contributed by atoms with van der Waals surface area (Å²) in [5.41, 5.74) is 3.09. The van der Waals surface area contributed by atoms with Gasteiger partial charge in [0.2, 0.25) is 17.6 Å². The summed E-state index contributed by atoms with van der Waals surface area (Å²) in [4.78, 5) is 31.8. The van der Waals surface area contributed by atoms with Gasteiger partial charge in [-0.1, -0.05) is 5.16 Å². The number of nitrogens with zero attached hydrogens (tertiary/aromatic N) is 3. The van der Waals surface area contributed by atoms with Crippen molar-refractivity contribution in [1.82, 2.24) is 15.0 Å². The highest BCUT2D eigenvalue weighted by Gasteiger charge is 2.24. The number of anilines is 1. The molecule has 8 nitrogen and oxygen atoms in total. The Labute approximate surface area is 205 Å². The second-order valence-corrected chi connectivity index (χ2v) is 9.02. The Bertz CT molecular complexity index is 1170. The molecule has 0 spiro atoms. The van der Waals surface area contributed by atoms with Gasteiger partial charge in [0.1, 0.15) is 5.75 Å². The minimum atomic E-state index is -0.0910. The lowest BCUT2D eigenvalue weighted by Gasteiger charge is -2.33. The molecule has 8 heteroatoms. The molecule has 2 heterocycles. The van der Waals surface area contributed by atoms with Crippen molar-refractivity contribution in [2.75, 3.05) is 19.0 Å². The van der Waals surface area contributed by atoms with Crippen molar-refractivity contribution in [1.29, 1.82) is 0 Å². The van der Waals surface area contributed by atoms with Crippen LogP contribution in [0.4, 0.5) is 5.69 Å². The Morgan fingerprint density at radius 1 is 1.17 bits per heavy atom. The Morgan fingerprint density at radius 3 is 2.69 bits per heavy atom. The van der Waals surface area contributed by atoms with Gasteiger partial charge in [-0.05, 0) is 87.6 Å². The van der Waals surface area contributed by atoms with Crippen LogP contribution in [0.15, 0.2) is 47.0 Å². The molecule has 35 heavy (non-hydrogen) atoms. The molecule has 2 aromatic carbocycles. The van der Waals surface area contributed by atoms with Crippen LogP contribution in [-0.2, 0) is 11.2 Å². The predicted molar refractivity (Wildman–Crippen MR) is 133 cm³/mol.